The van der Waals surface area contributed by atoms with Crippen molar-refractivity contribution in [3.05, 3.63) is 36.5 Å². The second kappa shape index (κ2) is 75.7. The van der Waals surface area contributed by atoms with Gasteiger partial charge in [0.15, 0.2) is 18.9 Å². The summed E-state index contributed by atoms with van der Waals surface area (Å²) in [5.41, 5.74) is 0. The number of hydrogen-bond acceptors (Lipinski definition) is 18. The second-order valence-corrected chi connectivity index (χ2v) is 34.9. The maximum absolute atomic E-state index is 13.6. The molecule has 0 radical (unpaired) electrons. The van der Waals surface area contributed by atoms with Crippen LogP contribution in [0.1, 0.15) is 438 Å². The molecular formula is C96H181NO18. The molecule has 3 aliphatic heterocycles. The van der Waals surface area contributed by atoms with Gasteiger partial charge in [0.25, 0.3) is 0 Å². The molecule has 19 heteroatoms. The molecule has 115 heavy (non-hydrogen) atoms. The zero-order valence-corrected chi connectivity index (χ0v) is 73.6. The fourth-order valence-corrected chi connectivity index (χ4v) is 16.7. The van der Waals surface area contributed by atoms with Gasteiger partial charge in [0.1, 0.15) is 73.2 Å². The monoisotopic (exact) mass is 1640 g/mol. The Labute approximate surface area is 701 Å². The Kier molecular flexibility index (Phi) is 70.6. The molecule has 12 N–H and O–H groups in total. The van der Waals surface area contributed by atoms with Crippen LogP contribution in [0.2, 0.25) is 0 Å². The zero-order valence-electron chi connectivity index (χ0n) is 73.6. The van der Waals surface area contributed by atoms with Crippen molar-refractivity contribution in [2.75, 3.05) is 26.4 Å². The average Bonchev–Trinajstić information content (AvgIpc) is 0.779. The van der Waals surface area contributed by atoms with E-state index in [1.165, 1.54) is 347 Å². The van der Waals surface area contributed by atoms with E-state index < -0.39 is 124 Å². The van der Waals surface area contributed by atoms with Crippen LogP contribution in [0.4, 0.5) is 0 Å². The van der Waals surface area contributed by atoms with Crippen molar-refractivity contribution >= 4 is 5.91 Å². The molecular weight excluding hydrogens is 1460 g/mol. The van der Waals surface area contributed by atoms with E-state index in [0.29, 0.717) is 12.8 Å². The number of aliphatic hydroxyl groups excluding tert-OH is 11. The van der Waals surface area contributed by atoms with E-state index >= 15 is 0 Å². The van der Waals surface area contributed by atoms with Crippen molar-refractivity contribution in [1.82, 2.24) is 5.32 Å². The highest BCUT2D eigenvalue weighted by atomic mass is 16.8. The molecule has 17 unspecified atom stereocenters. The summed E-state index contributed by atoms with van der Waals surface area (Å²) in [5.74, 6) is -0.233. The second-order valence-electron chi connectivity index (χ2n) is 34.9. The van der Waals surface area contributed by atoms with E-state index in [4.69, 9.17) is 28.4 Å². The van der Waals surface area contributed by atoms with E-state index in [-0.39, 0.29) is 18.9 Å². The fraction of sp³-hybridized carbons (Fsp3) is 0.927. The molecule has 1 amide bonds. The third-order valence-corrected chi connectivity index (χ3v) is 24.5. The number of carbonyl (C=O) groups excluding carboxylic acids is 1. The van der Waals surface area contributed by atoms with Crippen LogP contribution in [-0.2, 0) is 33.2 Å². The SMILES string of the molecule is CCCCCCC/C=C\C/C=C\C/C=C\CCCCCCCCCCCCCCCCCCCCCCCCCCC(=O)NC(COC1OC(CO)C(OC2OC(CO)C(OC3OC(CO)C(O)C(O)C3O)C(O)C2O)C(O)C1O)C(O)CCCCCCCCCCCCCCCCCCCCCCCCCCCCCCCCC. The lowest BCUT2D eigenvalue weighted by molar-refractivity contribution is -0.379. The smallest absolute Gasteiger partial charge is 0.220 e. The number of amides is 1. The van der Waals surface area contributed by atoms with Crippen LogP contribution >= 0.6 is 0 Å². The number of rotatable bonds is 81. The van der Waals surface area contributed by atoms with E-state index in [1.54, 1.807) is 0 Å². The lowest BCUT2D eigenvalue weighted by Gasteiger charge is -2.48. The standard InChI is InChI=1S/C96H181NO18/c1-3-5-7-9-11-13-15-17-19-21-23-25-27-29-31-33-35-36-37-38-39-40-41-42-44-46-48-50-52-54-56-58-60-62-64-66-68-70-72-74-84(102)97-79(80(101)73-71-69-67-65-63-61-59-57-55-53-51-49-47-45-43-34-32-30-28-26-24-22-20-18-16-14-12-10-8-6-4-2)78-110-94-90(108)87(105)92(82(76-99)112-94)115-96-91(109)88(106)93(83(77-100)113-96)114-95-89(107)86(104)85(103)81(75-98)111-95/h15,17,21,23,27,29,79-83,85-96,98-101,103-109H,3-14,16,18-20,22,24-26,28,30-78H2,1-2H3,(H,97,102)/b17-15-,23-21-,29-27-. The quantitative estimate of drug-likeness (QED) is 0.0199. The number of carbonyl (C=O) groups is 1. The van der Waals surface area contributed by atoms with Crippen LogP contribution < -0.4 is 5.32 Å². The predicted octanol–water partition coefficient (Wildman–Crippen LogP) is 19.8. The highest BCUT2D eigenvalue weighted by Gasteiger charge is 2.54. The van der Waals surface area contributed by atoms with E-state index in [2.05, 4.69) is 55.6 Å². The summed E-state index contributed by atoms with van der Waals surface area (Å²) in [6.45, 7) is 1.87. The molecule has 678 valence electrons. The molecule has 3 rings (SSSR count). The Bertz CT molecular complexity index is 2210. The minimum atomic E-state index is -1.97. The van der Waals surface area contributed by atoms with Gasteiger partial charge in [-0.1, -0.05) is 416 Å². The third-order valence-electron chi connectivity index (χ3n) is 24.5. The molecule has 0 aromatic heterocycles. The van der Waals surface area contributed by atoms with Gasteiger partial charge in [-0.15, -0.1) is 0 Å². The van der Waals surface area contributed by atoms with Crippen molar-refractivity contribution in [2.24, 2.45) is 0 Å². The van der Waals surface area contributed by atoms with Crippen molar-refractivity contribution in [3.63, 3.8) is 0 Å². The Balaban J connectivity index is 1.28. The van der Waals surface area contributed by atoms with Gasteiger partial charge in [-0.2, -0.15) is 0 Å². The van der Waals surface area contributed by atoms with Crippen molar-refractivity contribution in [1.29, 1.82) is 0 Å². The molecule has 0 spiro atoms. The van der Waals surface area contributed by atoms with Gasteiger partial charge >= 0.3 is 0 Å². The lowest BCUT2D eigenvalue weighted by Crippen LogP contribution is -2.66. The number of hydrogen-bond donors (Lipinski definition) is 12. The first-order valence-electron chi connectivity index (χ1n) is 48.7. The first-order chi connectivity index (χ1) is 56.3. The largest absolute Gasteiger partial charge is 0.394 e. The highest BCUT2D eigenvalue weighted by molar-refractivity contribution is 5.76. The van der Waals surface area contributed by atoms with Crippen LogP contribution in [0.25, 0.3) is 0 Å². The number of nitrogens with one attached hydrogen (secondary N) is 1. The van der Waals surface area contributed by atoms with Gasteiger partial charge in [-0.25, -0.2) is 0 Å². The topological polar surface area (TPSA) is 307 Å². The van der Waals surface area contributed by atoms with Gasteiger partial charge in [0, 0.05) is 6.42 Å². The normalized spacial score (nSPS) is 24.7. The van der Waals surface area contributed by atoms with Gasteiger partial charge in [-0.05, 0) is 51.4 Å². The molecule has 0 aromatic carbocycles. The number of ether oxygens (including phenoxy) is 6. The minimum Gasteiger partial charge on any atom is -0.394 e. The first-order valence-corrected chi connectivity index (χ1v) is 48.7. The summed E-state index contributed by atoms with van der Waals surface area (Å²) in [4.78, 5) is 13.6. The summed E-state index contributed by atoms with van der Waals surface area (Å²) in [6, 6.07) is -0.888. The maximum Gasteiger partial charge on any atom is 0.220 e. The van der Waals surface area contributed by atoms with Gasteiger partial charge in [0.05, 0.1) is 38.6 Å². The molecule has 19 nitrogen and oxygen atoms in total. The Morgan fingerprint density at radius 2 is 0.574 bits per heavy atom. The van der Waals surface area contributed by atoms with Gasteiger partial charge in [-0.3, -0.25) is 4.79 Å². The van der Waals surface area contributed by atoms with Crippen molar-refractivity contribution in [2.45, 2.75) is 542 Å². The Morgan fingerprint density at radius 3 is 0.896 bits per heavy atom. The van der Waals surface area contributed by atoms with Crippen LogP contribution in [-0.4, -0.2) is 193 Å². The summed E-state index contributed by atoms with van der Waals surface area (Å²) in [7, 11) is 0. The molecule has 3 aliphatic rings. The molecule has 0 bridgehead atoms. The summed E-state index contributed by atoms with van der Waals surface area (Å²) in [6.07, 6.45) is 71.3. The van der Waals surface area contributed by atoms with Gasteiger partial charge < -0.3 is 89.9 Å². The van der Waals surface area contributed by atoms with Gasteiger partial charge in [0.2, 0.25) is 5.91 Å². The van der Waals surface area contributed by atoms with E-state index in [1.807, 2.05) is 0 Å². The molecule has 3 heterocycles. The van der Waals surface area contributed by atoms with Crippen LogP contribution in [0.15, 0.2) is 36.5 Å². The Morgan fingerprint density at radius 1 is 0.313 bits per heavy atom. The van der Waals surface area contributed by atoms with Crippen LogP contribution in [0.3, 0.4) is 0 Å². The molecule has 0 aromatic rings. The minimum absolute atomic E-state index is 0.233. The molecule has 0 saturated carbocycles. The number of aliphatic hydroxyl groups is 11. The average molecular weight is 1640 g/mol. The van der Waals surface area contributed by atoms with Crippen molar-refractivity contribution < 1.29 is 89.4 Å². The van der Waals surface area contributed by atoms with E-state index in [0.717, 1.165) is 57.8 Å². The highest BCUT2D eigenvalue weighted by Crippen LogP contribution is 2.34. The summed E-state index contributed by atoms with van der Waals surface area (Å²) >= 11 is 0. The Hall–Kier alpha value is -1.99. The van der Waals surface area contributed by atoms with Crippen LogP contribution in [0, 0.1) is 0 Å². The number of allylic oxidation sites excluding steroid dienone is 6. The predicted molar refractivity (Wildman–Crippen MR) is 466 cm³/mol. The zero-order chi connectivity index (χ0) is 83.1. The lowest BCUT2D eigenvalue weighted by atomic mass is 9.96. The molecule has 17 atom stereocenters. The maximum atomic E-state index is 13.6. The third kappa shape index (κ3) is 53.6. The van der Waals surface area contributed by atoms with E-state index in [9.17, 15) is 61.0 Å². The first kappa shape index (κ1) is 107. The molecule has 3 saturated heterocycles. The summed E-state index contributed by atoms with van der Waals surface area (Å²) in [5, 5.41) is 122. The molecule has 0 aliphatic carbocycles. The van der Waals surface area contributed by atoms with Crippen LogP contribution in [0.5, 0.6) is 0 Å². The fourth-order valence-electron chi connectivity index (χ4n) is 16.7. The number of unbranched alkanes of at least 4 members (excludes halogenated alkanes) is 59. The summed E-state index contributed by atoms with van der Waals surface area (Å²) < 4.78 is 34.7. The van der Waals surface area contributed by atoms with Crippen molar-refractivity contribution in [3.8, 4) is 0 Å². The molecule has 3 fully saturated rings.